The van der Waals surface area contributed by atoms with Crippen molar-refractivity contribution in [2.45, 2.75) is 36.9 Å². The molecule has 2 rings (SSSR count). The Bertz CT molecular complexity index is 461. The molecule has 1 aromatic carbocycles. The van der Waals surface area contributed by atoms with Gasteiger partial charge in [-0.15, -0.1) is 0 Å². The summed E-state index contributed by atoms with van der Waals surface area (Å²) in [4.78, 5) is 0. The highest BCUT2D eigenvalue weighted by atomic mass is 32.2. The first-order valence-electron chi connectivity index (χ1n) is 6.71. The minimum absolute atomic E-state index is 0.127. The van der Waals surface area contributed by atoms with Gasteiger partial charge in [-0.25, -0.2) is 0 Å². The summed E-state index contributed by atoms with van der Waals surface area (Å²) in [5.74, 6) is 7.04. The Morgan fingerprint density at radius 3 is 3.11 bits per heavy atom. The van der Waals surface area contributed by atoms with E-state index in [1.165, 1.54) is 5.56 Å². The predicted octanol–water partition coefficient (Wildman–Crippen LogP) is 2.83. The van der Waals surface area contributed by atoms with Crippen molar-refractivity contribution < 1.29 is 9.84 Å². The third-order valence-corrected chi connectivity index (χ3v) is 4.71. The van der Waals surface area contributed by atoms with Crippen LogP contribution in [-0.4, -0.2) is 29.7 Å². The van der Waals surface area contributed by atoms with E-state index in [-0.39, 0.29) is 6.61 Å². The highest BCUT2D eigenvalue weighted by molar-refractivity contribution is 7.99. The van der Waals surface area contributed by atoms with Gasteiger partial charge in [0.25, 0.3) is 0 Å². The van der Waals surface area contributed by atoms with E-state index in [2.05, 4.69) is 30.9 Å². The highest BCUT2D eigenvalue weighted by Crippen LogP contribution is 2.29. The van der Waals surface area contributed by atoms with Crippen molar-refractivity contribution in [2.75, 3.05) is 13.2 Å². The lowest BCUT2D eigenvalue weighted by Gasteiger charge is -2.13. The van der Waals surface area contributed by atoms with E-state index < -0.39 is 0 Å². The van der Waals surface area contributed by atoms with Crippen LogP contribution in [0.15, 0.2) is 24.3 Å². The zero-order chi connectivity index (χ0) is 13.5. The van der Waals surface area contributed by atoms with Crippen LogP contribution in [0.2, 0.25) is 0 Å². The van der Waals surface area contributed by atoms with E-state index >= 15 is 0 Å². The molecule has 0 aromatic heterocycles. The number of ether oxygens (including phenoxy) is 1. The van der Waals surface area contributed by atoms with Gasteiger partial charge < -0.3 is 9.84 Å². The number of benzene rings is 1. The fourth-order valence-corrected chi connectivity index (χ4v) is 3.29. The lowest BCUT2D eigenvalue weighted by atomic mass is 10.1. The first-order valence-corrected chi connectivity index (χ1v) is 7.76. The van der Waals surface area contributed by atoms with Crippen molar-refractivity contribution in [2.24, 2.45) is 0 Å². The fraction of sp³-hybridized carbons (Fsp3) is 0.500. The highest BCUT2D eigenvalue weighted by Gasteiger charge is 2.24. The van der Waals surface area contributed by atoms with Crippen LogP contribution in [0, 0.1) is 11.8 Å². The van der Waals surface area contributed by atoms with Crippen LogP contribution < -0.4 is 0 Å². The molecular weight excluding hydrogens is 256 g/mol. The largest absolute Gasteiger partial charge is 0.395 e. The van der Waals surface area contributed by atoms with E-state index in [1.807, 2.05) is 23.9 Å². The third-order valence-electron chi connectivity index (χ3n) is 3.17. The molecule has 0 radical (unpaired) electrons. The Morgan fingerprint density at radius 1 is 1.47 bits per heavy atom. The average molecular weight is 276 g/mol. The van der Waals surface area contributed by atoms with Crippen LogP contribution in [0.25, 0.3) is 0 Å². The van der Waals surface area contributed by atoms with Gasteiger partial charge in [-0.1, -0.05) is 24.0 Å². The van der Waals surface area contributed by atoms with Crippen LogP contribution in [0.4, 0.5) is 0 Å². The molecule has 1 saturated heterocycles. The van der Waals surface area contributed by atoms with Gasteiger partial charge in [0.05, 0.1) is 12.7 Å². The molecule has 1 aliphatic heterocycles. The zero-order valence-electron chi connectivity index (χ0n) is 11.3. The Kier molecular flexibility index (Phi) is 5.78. The summed E-state index contributed by atoms with van der Waals surface area (Å²) in [5.41, 5.74) is 2.34. The van der Waals surface area contributed by atoms with Crippen molar-refractivity contribution in [1.82, 2.24) is 0 Å². The van der Waals surface area contributed by atoms with Gasteiger partial charge in [0.15, 0.2) is 0 Å². The second kappa shape index (κ2) is 7.59. The van der Waals surface area contributed by atoms with E-state index in [4.69, 9.17) is 9.84 Å². The molecule has 1 heterocycles. The number of aliphatic hydroxyl groups is 1. The first-order chi connectivity index (χ1) is 9.29. The molecule has 0 amide bonds. The Morgan fingerprint density at radius 2 is 2.37 bits per heavy atom. The van der Waals surface area contributed by atoms with Crippen molar-refractivity contribution in [3.8, 4) is 11.8 Å². The summed E-state index contributed by atoms with van der Waals surface area (Å²) in [7, 11) is 0. The number of hydrogen-bond acceptors (Lipinski definition) is 3. The number of thioether (sulfide) groups is 1. The number of aliphatic hydroxyl groups excluding tert-OH is 1. The van der Waals surface area contributed by atoms with Gasteiger partial charge in [-0.05, 0) is 31.0 Å². The maximum Gasteiger partial charge on any atom is 0.0666 e. The molecule has 102 valence electrons. The molecule has 1 aliphatic rings. The standard InChI is InChI=1S/C16H20O2S/c1-13-16(8-10-18-13)19-12-15-7-4-6-14(11-15)5-2-3-9-17/h4,6-7,11,13,16-17H,3,8-10,12H2,1H3. The van der Waals surface area contributed by atoms with Crippen molar-refractivity contribution in [1.29, 1.82) is 0 Å². The third kappa shape index (κ3) is 4.58. The van der Waals surface area contributed by atoms with Gasteiger partial charge in [0.1, 0.15) is 0 Å². The minimum atomic E-state index is 0.127. The molecule has 3 heteroatoms. The average Bonchev–Trinajstić information content (AvgIpc) is 2.83. The molecule has 0 saturated carbocycles. The fourth-order valence-electron chi connectivity index (χ4n) is 2.09. The van der Waals surface area contributed by atoms with Crippen LogP contribution >= 0.6 is 11.8 Å². The predicted molar refractivity (Wildman–Crippen MR) is 80.1 cm³/mol. The SMILES string of the molecule is CC1OCCC1SCc1cccc(C#CCCO)c1. The smallest absolute Gasteiger partial charge is 0.0666 e. The molecule has 1 fully saturated rings. The summed E-state index contributed by atoms with van der Waals surface area (Å²) in [6.45, 7) is 3.18. The summed E-state index contributed by atoms with van der Waals surface area (Å²) in [6.07, 6.45) is 2.06. The lowest BCUT2D eigenvalue weighted by Crippen LogP contribution is -2.13. The molecule has 2 atom stereocenters. The Hall–Kier alpha value is -0.950. The normalized spacial score (nSPS) is 22.0. The van der Waals surface area contributed by atoms with Gasteiger partial charge >= 0.3 is 0 Å². The topological polar surface area (TPSA) is 29.5 Å². The van der Waals surface area contributed by atoms with Gasteiger partial charge in [-0.2, -0.15) is 11.8 Å². The monoisotopic (exact) mass is 276 g/mol. The first kappa shape index (κ1) is 14.5. The van der Waals surface area contributed by atoms with Gasteiger partial charge in [0.2, 0.25) is 0 Å². The van der Waals surface area contributed by atoms with Crippen LogP contribution in [-0.2, 0) is 10.5 Å². The maximum atomic E-state index is 8.71. The minimum Gasteiger partial charge on any atom is -0.395 e. The number of hydrogen-bond donors (Lipinski definition) is 1. The molecule has 1 aromatic rings. The Labute approximate surface area is 119 Å². The van der Waals surface area contributed by atoms with E-state index in [0.717, 1.165) is 24.3 Å². The molecular formula is C16H20O2S. The summed E-state index contributed by atoms with van der Waals surface area (Å²) >= 11 is 1.97. The molecule has 0 bridgehead atoms. The van der Waals surface area contributed by atoms with E-state index in [9.17, 15) is 0 Å². The van der Waals surface area contributed by atoms with Crippen molar-refractivity contribution >= 4 is 11.8 Å². The zero-order valence-corrected chi connectivity index (χ0v) is 12.1. The quantitative estimate of drug-likeness (QED) is 0.858. The Balaban J connectivity index is 1.90. The second-order valence-corrected chi connectivity index (χ2v) is 5.92. The maximum absolute atomic E-state index is 8.71. The summed E-state index contributed by atoms with van der Waals surface area (Å²) < 4.78 is 5.58. The van der Waals surface area contributed by atoms with Crippen molar-refractivity contribution in [3.05, 3.63) is 35.4 Å². The summed E-state index contributed by atoms with van der Waals surface area (Å²) in [5, 5.41) is 9.33. The molecule has 2 nitrogen and oxygen atoms in total. The van der Waals surface area contributed by atoms with Gasteiger partial charge in [-0.3, -0.25) is 0 Å². The van der Waals surface area contributed by atoms with Crippen LogP contribution in [0.5, 0.6) is 0 Å². The molecule has 0 aliphatic carbocycles. The summed E-state index contributed by atoms with van der Waals surface area (Å²) in [6, 6.07) is 8.34. The lowest BCUT2D eigenvalue weighted by molar-refractivity contribution is 0.127. The van der Waals surface area contributed by atoms with Gasteiger partial charge in [0, 0.05) is 29.6 Å². The van der Waals surface area contributed by atoms with Crippen LogP contribution in [0.3, 0.4) is 0 Å². The second-order valence-electron chi connectivity index (χ2n) is 4.69. The van der Waals surface area contributed by atoms with Crippen LogP contribution in [0.1, 0.15) is 30.9 Å². The number of rotatable bonds is 4. The molecule has 0 spiro atoms. The molecule has 2 unspecified atom stereocenters. The molecule has 1 N–H and O–H groups in total. The molecule has 19 heavy (non-hydrogen) atoms. The van der Waals surface area contributed by atoms with E-state index in [0.29, 0.717) is 17.8 Å². The van der Waals surface area contributed by atoms with Crippen molar-refractivity contribution in [3.63, 3.8) is 0 Å². The van der Waals surface area contributed by atoms with E-state index in [1.54, 1.807) is 0 Å².